The number of hydrogen-bond acceptors (Lipinski definition) is 4. The second-order valence-corrected chi connectivity index (χ2v) is 5.12. The second kappa shape index (κ2) is 8.64. The first-order chi connectivity index (χ1) is 10.0. The lowest BCUT2D eigenvalue weighted by Gasteiger charge is -2.26. The third-order valence-corrected chi connectivity index (χ3v) is 3.66. The Morgan fingerprint density at radius 1 is 1.29 bits per heavy atom. The molecular formula is C16H26N2O3. The maximum Gasteiger partial charge on any atom is 0.251 e. The number of methoxy groups -OCH3 is 1. The minimum Gasteiger partial charge on any atom is -0.491 e. The highest BCUT2D eigenvalue weighted by Gasteiger charge is 2.21. The molecule has 1 aromatic carbocycles. The van der Waals surface area contributed by atoms with Crippen LogP contribution in [-0.4, -0.2) is 38.3 Å². The van der Waals surface area contributed by atoms with E-state index in [-0.39, 0.29) is 11.4 Å². The molecule has 0 spiro atoms. The lowest BCUT2D eigenvalue weighted by molar-refractivity contribution is 0.0941. The molecule has 5 heteroatoms. The van der Waals surface area contributed by atoms with Gasteiger partial charge in [0.25, 0.3) is 5.91 Å². The molecule has 0 heterocycles. The van der Waals surface area contributed by atoms with E-state index in [9.17, 15) is 4.79 Å². The van der Waals surface area contributed by atoms with Crippen molar-refractivity contribution in [3.05, 3.63) is 29.8 Å². The molecule has 0 aliphatic rings. The molecule has 3 N–H and O–H groups in total. The fourth-order valence-electron chi connectivity index (χ4n) is 1.83. The van der Waals surface area contributed by atoms with Crippen LogP contribution in [0.1, 0.15) is 37.0 Å². The number of carbonyl (C=O) groups excluding carboxylic acids is 1. The van der Waals surface area contributed by atoms with Gasteiger partial charge in [0.15, 0.2) is 0 Å². The molecule has 1 aromatic rings. The average Bonchev–Trinajstić information content (AvgIpc) is 2.53. The number of nitrogens with one attached hydrogen (secondary N) is 1. The molecule has 0 saturated heterocycles. The molecule has 21 heavy (non-hydrogen) atoms. The van der Waals surface area contributed by atoms with Gasteiger partial charge in [-0.15, -0.1) is 0 Å². The molecule has 118 valence electrons. The number of hydrogen-bond donors (Lipinski definition) is 2. The maximum atomic E-state index is 12.2. The van der Waals surface area contributed by atoms with Crippen LogP contribution in [-0.2, 0) is 4.74 Å². The zero-order valence-corrected chi connectivity index (χ0v) is 13.1. The second-order valence-electron chi connectivity index (χ2n) is 5.12. The van der Waals surface area contributed by atoms with E-state index >= 15 is 0 Å². The summed E-state index contributed by atoms with van der Waals surface area (Å²) in [7, 11) is 1.62. The molecule has 0 atom stereocenters. The summed E-state index contributed by atoms with van der Waals surface area (Å²) >= 11 is 0. The van der Waals surface area contributed by atoms with E-state index in [2.05, 4.69) is 5.32 Å². The highest BCUT2D eigenvalue weighted by atomic mass is 16.5. The predicted octanol–water partition coefficient (Wildman–Crippen LogP) is 1.96. The van der Waals surface area contributed by atoms with Crippen molar-refractivity contribution in [1.29, 1.82) is 0 Å². The number of rotatable bonds is 9. The monoisotopic (exact) mass is 294 g/mol. The Morgan fingerprint density at radius 2 is 2.00 bits per heavy atom. The fourth-order valence-corrected chi connectivity index (χ4v) is 1.83. The van der Waals surface area contributed by atoms with Gasteiger partial charge in [-0.2, -0.15) is 0 Å². The largest absolute Gasteiger partial charge is 0.491 e. The van der Waals surface area contributed by atoms with E-state index in [1.54, 1.807) is 25.3 Å². The van der Waals surface area contributed by atoms with Gasteiger partial charge in [-0.1, -0.05) is 19.9 Å². The number of amides is 1. The van der Waals surface area contributed by atoms with Gasteiger partial charge in [-0.25, -0.2) is 0 Å². The van der Waals surface area contributed by atoms with Crippen molar-refractivity contribution >= 4 is 5.91 Å². The summed E-state index contributed by atoms with van der Waals surface area (Å²) in [6.07, 6.45) is 1.65. The maximum absolute atomic E-state index is 12.2. The van der Waals surface area contributed by atoms with Gasteiger partial charge in [-0.3, -0.25) is 4.79 Å². The van der Waals surface area contributed by atoms with Crippen molar-refractivity contribution in [3.8, 4) is 5.75 Å². The molecule has 0 aromatic heterocycles. The minimum absolute atomic E-state index is 0.135. The van der Waals surface area contributed by atoms with Crippen molar-refractivity contribution in [2.75, 3.05) is 26.9 Å². The van der Waals surface area contributed by atoms with Gasteiger partial charge in [0.05, 0.1) is 6.61 Å². The molecule has 5 nitrogen and oxygen atoms in total. The first-order valence-corrected chi connectivity index (χ1v) is 7.33. The van der Waals surface area contributed by atoms with Crippen LogP contribution < -0.4 is 15.8 Å². The van der Waals surface area contributed by atoms with Crippen LogP contribution in [0, 0.1) is 0 Å². The normalized spacial score (nSPS) is 11.2. The number of benzene rings is 1. The number of ether oxygens (including phenoxy) is 2. The van der Waals surface area contributed by atoms with E-state index < -0.39 is 0 Å². The van der Waals surface area contributed by atoms with Crippen LogP contribution in [0.15, 0.2) is 24.3 Å². The van der Waals surface area contributed by atoms with Crippen LogP contribution in [0.4, 0.5) is 0 Å². The first kappa shape index (κ1) is 17.5. The predicted molar refractivity (Wildman–Crippen MR) is 83.6 cm³/mol. The molecule has 1 amide bonds. The van der Waals surface area contributed by atoms with E-state index in [1.165, 1.54) is 0 Å². The van der Waals surface area contributed by atoms with Crippen LogP contribution in [0.5, 0.6) is 5.75 Å². The lowest BCUT2D eigenvalue weighted by Crippen LogP contribution is -2.49. The third-order valence-electron chi connectivity index (χ3n) is 3.66. The SMILES string of the molecule is CCC(N)(CC)CNC(=O)c1cccc(OCCOC)c1. The zero-order chi connectivity index (χ0) is 15.7. The molecule has 0 bridgehead atoms. The summed E-state index contributed by atoms with van der Waals surface area (Å²) in [5, 5.41) is 2.89. The van der Waals surface area contributed by atoms with Crippen molar-refractivity contribution in [2.45, 2.75) is 32.2 Å². The Morgan fingerprint density at radius 3 is 2.62 bits per heavy atom. The van der Waals surface area contributed by atoms with Gasteiger partial charge in [-0.05, 0) is 31.0 Å². The standard InChI is InChI=1S/C16H26N2O3/c1-4-16(17,5-2)12-18-15(19)13-7-6-8-14(11-13)21-10-9-20-3/h6-8,11H,4-5,9-10,12,17H2,1-3H3,(H,18,19). The van der Waals surface area contributed by atoms with Crippen molar-refractivity contribution < 1.29 is 14.3 Å². The van der Waals surface area contributed by atoms with E-state index in [1.807, 2.05) is 19.9 Å². The molecule has 0 aliphatic carbocycles. The summed E-state index contributed by atoms with van der Waals surface area (Å²) < 4.78 is 10.4. The van der Waals surface area contributed by atoms with Crippen molar-refractivity contribution in [2.24, 2.45) is 5.73 Å². The van der Waals surface area contributed by atoms with E-state index in [4.69, 9.17) is 15.2 Å². The molecule has 0 saturated carbocycles. The Kier molecular flexibility index (Phi) is 7.19. The summed E-state index contributed by atoms with van der Waals surface area (Å²) in [4.78, 5) is 12.2. The molecule has 0 aliphatic heterocycles. The van der Waals surface area contributed by atoms with Gasteiger partial charge < -0.3 is 20.5 Å². The van der Waals surface area contributed by atoms with Crippen molar-refractivity contribution in [3.63, 3.8) is 0 Å². The van der Waals surface area contributed by atoms with Gasteiger partial charge in [0.2, 0.25) is 0 Å². The summed E-state index contributed by atoms with van der Waals surface area (Å²) in [6, 6.07) is 7.10. The molecule has 1 rings (SSSR count). The molecule has 0 radical (unpaired) electrons. The summed E-state index contributed by atoms with van der Waals surface area (Å²) in [6.45, 7) is 5.49. The number of nitrogens with two attached hydrogens (primary N) is 1. The molecule has 0 fully saturated rings. The average molecular weight is 294 g/mol. The van der Waals surface area contributed by atoms with Gasteiger partial charge in [0.1, 0.15) is 12.4 Å². The van der Waals surface area contributed by atoms with Crippen LogP contribution in [0.25, 0.3) is 0 Å². The smallest absolute Gasteiger partial charge is 0.251 e. The number of carbonyl (C=O) groups is 1. The highest BCUT2D eigenvalue weighted by molar-refractivity contribution is 5.94. The van der Waals surface area contributed by atoms with Gasteiger partial charge in [0, 0.05) is 24.8 Å². The van der Waals surface area contributed by atoms with Crippen molar-refractivity contribution in [1.82, 2.24) is 5.32 Å². The van der Waals surface area contributed by atoms with E-state index in [0.717, 1.165) is 12.8 Å². The molecule has 0 unspecified atom stereocenters. The third kappa shape index (κ3) is 5.73. The minimum atomic E-state index is -0.345. The van der Waals surface area contributed by atoms with Crippen LogP contribution >= 0.6 is 0 Å². The topological polar surface area (TPSA) is 73.6 Å². The Hall–Kier alpha value is -1.59. The lowest BCUT2D eigenvalue weighted by atomic mass is 9.94. The first-order valence-electron chi connectivity index (χ1n) is 7.33. The zero-order valence-electron chi connectivity index (χ0n) is 13.1. The highest BCUT2D eigenvalue weighted by Crippen LogP contribution is 2.14. The Labute approximate surface area is 126 Å². The summed E-state index contributed by atoms with van der Waals surface area (Å²) in [5.41, 5.74) is 6.40. The Bertz CT molecular complexity index is 445. The summed E-state index contributed by atoms with van der Waals surface area (Å²) in [5.74, 6) is 0.522. The Balaban J connectivity index is 2.59. The molecular weight excluding hydrogens is 268 g/mol. The fraction of sp³-hybridized carbons (Fsp3) is 0.562. The quantitative estimate of drug-likeness (QED) is 0.683. The van der Waals surface area contributed by atoms with Gasteiger partial charge >= 0.3 is 0 Å². The van der Waals surface area contributed by atoms with Crippen LogP contribution in [0.2, 0.25) is 0 Å². The van der Waals surface area contributed by atoms with Crippen LogP contribution in [0.3, 0.4) is 0 Å². The van der Waals surface area contributed by atoms with E-state index in [0.29, 0.717) is 31.1 Å².